The van der Waals surface area contributed by atoms with E-state index in [1.807, 2.05) is 0 Å². The molecule has 0 aliphatic carbocycles. The Hall–Kier alpha value is -0.300. The molecule has 0 atom stereocenters. The van der Waals surface area contributed by atoms with Gasteiger partial charge in [-0.1, -0.05) is 72.1 Å². The van der Waals surface area contributed by atoms with E-state index in [-0.39, 0.29) is 0 Å². The van der Waals surface area contributed by atoms with Crippen molar-refractivity contribution in [2.24, 2.45) is 5.41 Å². The molecule has 0 saturated carbocycles. The molecule has 3 nitrogen and oxygen atoms in total. The first-order valence-electron chi connectivity index (χ1n) is 7.97. The summed E-state index contributed by atoms with van der Waals surface area (Å²) in [6.45, 7) is 5.18. The van der Waals surface area contributed by atoms with Gasteiger partial charge in [-0.05, 0) is 11.8 Å². The van der Waals surface area contributed by atoms with Gasteiger partial charge in [0.1, 0.15) is 0 Å². The van der Waals surface area contributed by atoms with E-state index in [9.17, 15) is 21.6 Å². The van der Waals surface area contributed by atoms with Crippen molar-refractivity contribution in [2.75, 3.05) is 6.61 Å². The van der Waals surface area contributed by atoms with Crippen molar-refractivity contribution in [1.82, 2.24) is 0 Å². The molecule has 0 rings (SSSR count). The number of rotatable bonds is 12. The average molecular weight is 346 g/mol. The minimum absolute atomic E-state index is 0.439. The average Bonchev–Trinajstić information content (AvgIpc) is 2.38. The van der Waals surface area contributed by atoms with Gasteiger partial charge in [-0.15, -0.1) is 0 Å². The zero-order valence-corrected chi connectivity index (χ0v) is 14.7. The largest absolute Gasteiger partial charge is 0.523 e. The molecule has 0 aromatic rings. The molecule has 0 N–H and O–H groups in total. The molecule has 22 heavy (non-hydrogen) atoms. The van der Waals surface area contributed by atoms with Gasteiger partial charge in [0.15, 0.2) is 0 Å². The molecule has 0 spiro atoms. The quantitative estimate of drug-likeness (QED) is 0.270. The highest BCUT2D eigenvalue weighted by atomic mass is 32.2. The van der Waals surface area contributed by atoms with Crippen LogP contribution in [0.25, 0.3) is 0 Å². The number of alkyl halides is 3. The maximum absolute atomic E-state index is 12.2. The van der Waals surface area contributed by atoms with Crippen LogP contribution in [0.15, 0.2) is 0 Å². The Morgan fingerprint density at radius 2 is 1.32 bits per heavy atom. The van der Waals surface area contributed by atoms with Gasteiger partial charge in [0.05, 0.1) is 6.61 Å². The molecular weight excluding hydrogens is 317 g/mol. The first kappa shape index (κ1) is 21.7. The lowest BCUT2D eigenvalue weighted by molar-refractivity contribution is -0.0562. The van der Waals surface area contributed by atoms with E-state index in [0.717, 1.165) is 19.3 Å². The lowest BCUT2D eigenvalue weighted by Gasteiger charge is -2.24. The van der Waals surface area contributed by atoms with Crippen LogP contribution in [0.1, 0.15) is 78.6 Å². The maximum atomic E-state index is 12.2. The Balaban J connectivity index is 3.87. The second kappa shape index (κ2) is 9.75. The van der Waals surface area contributed by atoms with Crippen molar-refractivity contribution in [1.29, 1.82) is 0 Å². The Kier molecular flexibility index (Phi) is 9.62. The van der Waals surface area contributed by atoms with E-state index in [1.54, 1.807) is 13.8 Å². The first-order valence-corrected chi connectivity index (χ1v) is 9.38. The van der Waals surface area contributed by atoms with Gasteiger partial charge < -0.3 is 0 Å². The predicted octanol–water partition coefficient (Wildman–Crippen LogP) is 5.41. The number of halogens is 3. The monoisotopic (exact) mass is 346 g/mol. The third-order valence-corrected chi connectivity index (χ3v) is 4.59. The van der Waals surface area contributed by atoms with E-state index in [0.29, 0.717) is 6.42 Å². The fourth-order valence-corrected chi connectivity index (χ4v) is 2.72. The molecule has 0 fully saturated rings. The van der Waals surface area contributed by atoms with Crippen molar-refractivity contribution in [2.45, 2.75) is 84.1 Å². The first-order chi connectivity index (χ1) is 10.0. The van der Waals surface area contributed by atoms with Crippen molar-refractivity contribution in [3.05, 3.63) is 0 Å². The minimum atomic E-state index is -5.48. The Labute approximate surface area is 132 Å². The molecule has 0 amide bonds. The highest BCUT2D eigenvalue weighted by Crippen LogP contribution is 2.29. The van der Waals surface area contributed by atoms with Gasteiger partial charge in [-0.3, -0.25) is 4.18 Å². The van der Waals surface area contributed by atoms with Crippen LogP contribution in [-0.2, 0) is 14.3 Å². The molecule has 0 bridgehead atoms. The topological polar surface area (TPSA) is 43.4 Å². The third-order valence-electron chi connectivity index (χ3n) is 3.60. The van der Waals surface area contributed by atoms with E-state index in [1.165, 1.54) is 32.1 Å². The van der Waals surface area contributed by atoms with Crippen molar-refractivity contribution < 1.29 is 25.8 Å². The van der Waals surface area contributed by atoms with Crippen LogP contribution < -0.4 is 0 Å². The lowest BCUT2D eigenvalue weighted by atomic mass is 9.88. The second-order valence-corrected chi connectivity index (χ2v) is 8.16. The molecule has 0 aliphatic rings. The normalized spacial score (nSPS) is 13.5. The van der Waals surface area contributed by atoms with Gasteiger partial charge in [0.25, 0.3) is 0 Å². The number of unbranched alkanes of at least 4 members (excludes halogenated alkanes) is 7. The molecule has 0 saturated heterocycles. The summed E-state index contributed by atoms with van der Waals surface area (Å²) in [6.07, 6.45) is 9.79. The zero-order chi connectivity index (χ0) is 17.3. The molecular formula is C15H29F3O3S. The Morgan fingerprint density at radius 1 is 0.864 bits per heavy atom. The van der Waals surface area contributed by atoms with Gasteiger partial charge in [0.2, 0.25) is 0 Å². The standard InChI is InChI=1S/C15H29F3O3S/c1-4-5-6-7-8-9-10-11-12-14(2,3)13-21-22(19,20)15(16,17)18/h4-13H2,1-3H3. The van der Waals surface area contributed by atoms with Crippen molar-refractivity contribution in [3.8, 4) is 0 Å². The molecule has 0 heterocycles. The number of hydrogen-bond donors (Lipinski definition) is 0. The smallest absolute Gasteiger partial charge is 0.263 e. The van der Waals surface area contributed by atoms with Gasteiger partial charge in [0, 0.05) is 0 Å². The summed E-state index contributed by atoms with van der Waals surface area (Å²) in [7, 11) is -5.48. The highest BCUT2D eigenvalue weighted by molar-refractivity contribution is 7.87. The van der Waals surface area contributed by atoms with E-state index >= 15 is 0 Å². The maximum Gasteiger partial charge on any atom is 0.523 e. The highest BCUT2D eigenvalue weighted by Gasteiger charge is 2.47. The molecule has 134 valence electrons. The summed E-state index contributed by atoms with van der Waals surface area (Å²) in [5, 5.41) is 0. The Morgan fingerprint density at radius 3 is 1.77 bits per heavy atom. The SMILES string of the molecule is CCCCCCCCCCC(C)(C)COS(=O)(=O)C(F)(F)F. The van der Waals surface area contributed by atoms with Crippen LogP contribution >= 0.6 is 0 Å². The van der Waals surface area contributed by atoms with Crippen LogP contribution in [0.4, 0.5) is 13.2 Å². The Bertz CT molecular complexity index is 389. The fourth-order valence-electron chi connectivity index (χ4n) is 2.11. The molecule has 7 heteroatoms. The predicted molar refractivity (Wildman–Crippen MR) is 81.9 cm³/mol. The second-order valence-electron chi connectivity index (χ2n) is 6.55. The number of hydrogen-bond acceptors (Lipinski definition) is 3. The summed E-state index contributed by atoms with van der Waals surface area (Å²) in [6, 6.07) is 0. The molecule has 0 aliphatic heterocycles. The molecule has 0 unspecified atom stereocenters. The van der Waals surface area contributed by atoms with Crippen LogP contribution in [-0.4, -0.2) is 20.5 Å². The van der Waals surface area contributed by atoms with Crippen LogP contribution in [0.5, 0.6) is 0 Å². The summed E-state index contributed by atoms with van der Waals surface area (Å²) in [5.74, 6) is 0. The van der Waals surface area contributed by atoms with Gasteiger partial charge in [-0.2, -0.15) is 21.6 Å². The van der Waals surface area contributed by atoms with Crippen molar-refractivity contribution >= 4 is 10.1 Å². The summed E-state index contributed by atoms with van der Waals surface area (Å²) in [4.78, 5) is 0. The molecule has 0 radical (unpaired) electrons. The summed E-state index contributed by atoms with van der Waals surface area (Å²) >= 11 is 0. The lowest BCUT2D eigenvalue weighted by Crippen LogP contribution is -2.30. The van der Waals surface area contributed by atoms with Crippen LogP contribution in [0.3, 0.4) is 0 Å². The third kappa shape index (κ3) is 9.66. The summed E-state index contributed by atoms with van der Waals surface area (Å²) in [5.41, 5.74) is -5.93. The molecule has 0 aromatic carbocycles. The molecule has 0 aromatic heterocycles. The van der Waals surface area contributed by atoms with Gasteiger partial charge in [-0.25, -0.2) is 0 Å². The van der Waals surface area contributed by atoms with E-state index in [2.05, 4.69) is 11.1 Å². The van der Waals surface area contributed by atoms with E-state index in [4.69, 9.17) is 0 Å². The van der Waals surface area contributed by atoms with Gasteiger partial charge >= 0.3 is 15.6 Å². The zero-order valence-electron chi connectivity index (χ0n) is 13.8. The van der Waals surface area contributed by atoms with Crippen LogP contribution in [0.2, 0.25) is 0 Å². The van der Waals surface area contributed by atoms with Crippen LogP contribution in [0, 0.1) is 5.41 Å². The summed E-state index contributed by atoms with van der Waals surface area (Å²) < 4.78 is 62.4. The van der Waals surface area contributed by atoms with E-state index < -0.39 is 27.6 Å². The fraction of sp³-hybridized carbons (Fsp3) is 1.00. The van der Waals surface area contributed by atoms with Crippen molar-refractivity contribution in [3.63, 3.8) is 0 Å². The minimum Gasteiger partial charge on any atom is -0.263 e.